The molecule has 1 heterocycles. The topological polar surface area (TPSA) is 28.7 Å². The van der Waals surface area contributed by atoms with Gasteiger partial charge in [0, 0.05) is 11.8 Å². The van der Waals surface area contributed by atoms with Gasteiger partial charge < -0.3 is 0 Å². The van der Waals surface area contributed by atoms with E-state index in [1.165, 1.54) is 6.07 Å². The molecule has 2 aromatic rings. The minimum Gasteiger partial charge on any atom is -0.285 e. The number of nitrogens with zero attached hydrogens (tertiary/aromatic N) is 1. The lowest BCUT2D eigenvalue weighted by molar-refractivity contribution is 0.509. The normalized spacial score (nSPS) is 10.3. The van der Waals surface area contributed by atoms with Crippen LogP contribution in [-0.4, -0.2) is 10.2 Å². The van der Waals surface area contributed by atoms with Crippen LogP contribution in [0, 0.1) is 11.6 Å². The summed E-state index contributed by atoms with van der Waals surface area (Å²) < 4.78 is 25.3. The summed E-state index contributed by atoms with van der Waals surface area (Å²) in [5, 5.41) is 6.31. The molecule has 0 aliphatic heterocycles. The second-order valence-corrected chi connectivity index (χ2v) is 2.62. The smallest absolute Gasteiger partial charge is 0.159 e. The number of rotatable bonds is 1. The van der Waals surface area contributed by atoms with Crippen molar-refractivity contribution in [1.29, 1.82) is 0 Å². The number of H-pyrrole nitrogens is 1. The van der Waals surface area contributed by atoms with Crippen molar-refractivity contribution in [2.75, 3.05) is 0 Å². The number of hydrogen-bond donors (Lipinski definition) is 1. The van der Waals surface area contributed by atoms with Crippen LogP contribution in [0.3, 0.4) is 0 Å². The first-order valence-corrected chi connectivity index (χ1v) is 3.71. The summed E-state index contributed by atoms with van der Waals surface area (Å²) in [4.78, 5) is 0. The van der Waals surface area contributed by atoms with Gasteiger partial charge in [-0.1, -0.05) is 6.07 Å². The monoisotopic (exact) mass is 180 g/mol. The highest BCUT2D eigenvalue weighted by atomic mass is 19.2. The molecule has 2 nitrogen and oxygen atoms in total. The molecule has 66 valence electrons. The Balaban J connectivity index is 2.49. The summed E-state index contributed by atoms with van der Waals surface area (Å²) in [6, 6.07) is 3.74. The van der Waals surface area contributed by atoms with Gasteiger partial charge in [0.15, 0.2) is 11.6 Å². The van der Waals surface area contributed by atoms with Crippen molar-refractivity contribution < 1.29 is 8.78 Å². The molecule has 0 saturated carbocycles. The minimum atomic E-state index is -0.848. The van der Waals surface area contributed by atoms with Gasteiger partial charge in [-0.3, -0.25) is 5.10 Å². The van der Waals surface area contributed by atoms with Gasteiger partial charge in [-0.25, -0.2) is 8.78 Å². The van der Waals surface area contributed by atoms with Crippen LogP contribution in [0.1, 0.15) is 0 Å². The predicted molar refractivity (Wildman–Crippen MR) is 43.9 cm³/mol. The van der Waals surface area contributed by atoms with Crippen LogP contribution < -0.4 is 0 Å². The van der Waals surface area contributed by atoms with E-state index in [1.54, 1.807) is 12.4 Å². The van der Waals surface area contributed by atoms with Gasteiger partial charge in [0.2, 0.25) is 0 Å². The molecule has 13 heavy (non-hydrogen) atoms. The van der Waals surface area contributed by atoms with Crippen LogP contribution in [0.5, 0.6) is 0 Å². The molecule has 1 aromatic carbocycles. The molecule has 0 radical (unpaired) electrons. The van der Waals surface area contributed by atoms with E-state index >= 15 is 0 Å². The average molecular weight is 180 g/mol. The van der Waals surface area contributed by atoms with E-state index in [2.05, 4.69) is 10.2 Å². The average Bonchev–Trinajstić information content (AvgIpc) is 2.62. The fraction of sp³-hybridized carbons (Fsp3) is 0. The van der Waals surface area contributed by atoms with E-state index in [4.69, 9.17) is 0 Å². The van der Waals surface area contributed by atoms with Crippen molar-refractivity contribution in [1.82, 2.24) is 10.2 Å². The second kappa shape index (κ2) is 2.97. The zero-order valence-corrected chi connectivity index (χ0v) is 6.59. The van der Waals surface area contributed by atoms with Crippen LogP contribution in [-0.2, 0) is 0 Å². The van der Waals surface area contributed by atoms with Crippen LogP contribution >= 0.6 is 0 Å². The first kappa shape index (κ1) is 7.91. The quantitative estimate of drug-likeness (QED) is 0.716. The third kappa shape index (κ3) is 1.42. The molecule has 4 heteroatoms. The molecule has 0 saturated heterocycles. The number of nitrogens with one attached hydrogen (secondary N) is 1. The van der Waals surface area contributed by atoms with E-state index in [0.717, 1.165) is 17.7 Å². The lowest BCUT2D eigenvalue weighted by Crippen LogP contribution is -1.83. The Morgan fingerprint density at radius 1 is 1.08 bits per heavy atom. The Bertz CT molecular complexity index is 410. The first-order valence-electron chi connectivity index (χ1n) is 3.71. The fourth-order valence-electron chi connectivity index (χ4n) is 1.08. The van der Waals surface area contributed by atoms with Gasteiger partial charge >= 0.3 is 0 Å². The molecular weight excluding hydrogens is 174 g/mol. The molecule has 0 aliphatic rings. The maximum atomic E-state index is 12.8. The summed E-state index contributed by atoms with van der Waals surface area (Å²) >= 11 is 0. The van der Waals surface area contributed by atoms with Crippen molar-refractivity contribution in [2.45, 2.75) is 0 Å². The Morgan fingerprint density at radius 2 is 1.92 bits per heavy atom. The Kier molecular flexibility index (Phi) is 1.81. The number of benzene rings is 1. The lowest BCUT2D eigenvalue weighted by atomic mass is 10.1. The van der Waals surface area contributed by atoms with E-state index < -0.39 is 11.6 Å². The maximum Gasteiger partial charge on any atom is 0.159 e. The molecule has 0 atom stereocenters. The Hall–Kier alpha value is -1.71. The second-order valence-electron chi connectivity index (χ2n) is 2.62. The van der Waals surface area contributed by atoms with Crippen LogP contribution in [0.4, 0.5) is 8.78 Å². The van der Waals surface area contributed by atoms with Crippen molar-refractivity contribution in [3.05, 3.63) is 42.2 Å². The summed E-state index contributed by atoms with van der Waals surface area (Å²) in [6.07, 6.45) is 3.17. The van der Waals surface area contributed by atoms with E-state index in [-0.39, 0.29) is 0 Å². The Labute approximate surface area is 73.2 Å². The summed E-state index contributed by atoms with van der Waals surface area (Å²) in [7, 11) is 0. The molecule has 0 bridgehead atoms. The number of halogens is 2. The maximum absolute atomic E-state index is 12.8. The van der Waals surface area contributed by atoms with Gasteiger partial charge in [-0.15, -0.1) is 0 Å². The highest BCUT2D eigenvalue weighted by Gasteiger charge is 2.04. The lowest BCUT2D eigenvalue weighted by Gasteiger charge is -1.97. The summed E-state index contributed by atoms with van der Waals surface area (Å²) in [5.41, 5.74) is 1.34. The summed E-state index contributed by atoms with van der Waals surface area (Å²) in [6.45, 7) is 0. The number of aromatic amines is 1. The third-order valence-electron chi connectivity index (χ3n) is 1.75. The van der Waals surface area contributed by atoms with Crippen molar-refractivity contribution in [3.8, 4) is 11.1 Å². The number of hydrogen-bond acceptors (Lipinski definition) is 1. The molecule has 2 rings (SSSR count). The fourth-order valence-corrected chi connectivity index (χ4v) is 1.08. The third-order valence-corrected chi connectivity index (χ3v) is 1.75. The van der Waals surface area contributed by atoms with E-state index in [9.17, 15) is 8.78 Å². The molecule has 1 aromatic heterocycles. The van der Waals surface area contributed by atoms with Gasteiger partial charge in [-0.2, -0.15) is 5.10 Å². The number of aromatic nitrogens is 2. The van der Waals surface area contributed by atoms with Crippen molar-refractivity contribution in [2.24, 2.45) is 0 Å². The molecule has 0 spiro atoms. The van der Waals surface area contributed by atoms with Gasteiger partial charge in [-0.05, 0) is 17.7 Å². The van der Waals surface area contributed by atoms with Crippen molar-refractivity contribution >= 4 is 0 Å². The largest absolute Gasteiger partial charge is 0.285 e. The van der Waals surface area contributed by atoms with Gasteiger partial charge in [0.25, 0.3) is 0 Å². The SMILES string of the molecule is Fc1ccc(-c2cn[nH]c2)cc1F. The molecule has 0 fully saturated rings. The molecule has 0 amide bonds. The summed E-state index contributed by atoms with van der Waals surface area (Å²) in [5.74, 6) is -1.69. The standard InChI is InChI=1S/C9H6F2N2/c10-8-2-1-6(3-9(8)11)7-4-12-13-5-7/h1-5H,(H,12,13). The van der Waals surface area contributed by atoms with Gasteiger partial charge in [0.1, 0.15) is 0 Å². The van der Waals surface area contributed by atoms with Crippen LogP contribution in [0.2, 0.25) is 0 Å². The van der Waals surface area contributed by atoms with Crippen molar-refractivity contribution in [3.63, 3.8) is 0 Å². The van der Waals surface area contributed by atoms with Crippen LogP contribution in [0.15, 0.2) is 30.6 Å². The highest BCUT2D eigenvalue weighted by molar-refractivity contribution is 5.61. The molecule has 1 N–H and O–H groups in total. The van der Waals surface area contributed by atoms with E-state index in [0.29, 0.717) is 5.56 Å². The zero-order valence-electron chi connectivity index (χ0n) is 6.59. The van der Waals surface area contributed by atoms with Gasteiger partial charge in [0.05, 0.1) is 6.20 Å². The zero-order chi connectivity index (χ0) is 9.26. The van der Waals surface area contributed by atoms with E-state index in [1.807, 2.05) is 0 Å². The molecular formula is C9H6F2N2. The molecule has 0 aliphatic carbocycles. The Morgan fingerprint density at radius 3 is 2.54 bits per heavy atom. The predicted octanol–water partition coefficient (Wildman–Crippen LogP) is 2.35. The minimum absolute atomic E-state index is 0.604. The highest BCUT2D eigenvalue weighted by Crippen LogP contribution is 2.19. The first-order chi connectivity index (χ1) is 6.27. The molecule has 0 unspecified atom stereocenters. The van der Waals surface area contributed by atoms with Crippen LogP contribution in [0.25, 0.3) is 11.1 Å².